The first-order valence-corrected chi connectivity index (χ1v) is 10.5. The van der Waals surface area contributed by atoms with Gasteiger partial charge in [0.15, 0.2) is 5.89 Å². The minimum absolute atomic E-state index is 0.0414. The Kier molecular flexibility index (Phi) is 5.82. The number of rotatable bonds is 4. The highest BCUT2D eigenvalue weighted by Gasteiger charge is 2.29. The Morgan fingerprint density at radius 3 is 2.68 bits per heavy atom. The quantitative estimate of drug-likeness (QED) is 0.618. The van der Waals surface area contributed by atoms with Gasteiger partial charge in [-0.3, -0.25) is 18.7 Å². The van der Waals surface area contributed by atoms with Crippen LogP contribution in [0.1, 0.15) is 46.5 Å². The van der Waals surface area contributed by atoms with Crippen LogP contribution >= 0.6 is 11.6 Å². The average Bonchev–Trinajstić information content (AvgIpc) is 3.24. The summed E-state index contributed by atoms with van der Waals surface area (Å²) in [4.78, 5) is 43.3. The van der Waals surface area contributed by atoms with E-state index in [-0.39, 0.29) is 17.5 Å². The van der Waals surface area contributed by atoms with Crippen molar-refractivity contribution in [2.75, 3.05) is 13.1 Å². The first-order valence-electron chi connectivity index (χ1n) is 10.1. The van der Waals surface area contributed by atoms with Crippen molar-refractivity contribution in [1.82, 2.24) is 19.0 Å². The second-order valence-corrected chi connectivity index (χ2v) is 8.26. The van der Waals surface area contributed by atoms with Crippen LogP contribution in [-0.4, -0.2) is 38.0 Å². The van der Waals surface area contributed by atoms with E-state index in [4.69, 9.17) is 16.0 Å². The van der Waals surface area contributed by atoms with Gasteiger partial charge in [-0.15, -0.1) is 0 Å². The monoisotopic (exact) mass is 442 g/mol. The zero-order valence-electron chi connectivity index (χ0n) is 17.4. The van der Waals surface area contributed by atoms with Gasteiger partial charge < -0.3 is 9.32 Å². The van der Waals surface area contributed by atoms with E-state index in [0.717, 1.165) is 28.7 Å². The zero-order chi connectivity index (χ0) is 22.1. The predicted molar refractivity (Wildman–Crippen MR) is 116 cm³/mol. The number of hydrogen-bond donors (Lipinski definition) is 0. The van der Waals surface area contributed by atoms with Crippen molar-refractivity contribution in [3.05, 3.63) is 85.3 Å². The smallest absolute Gasteiger partial charge is 0.331 e. The van der Waals surface area contributed by atoms with E-state index in [1.165, 1.54) is 24.7 Å². The third-order valence-corrected chi connectivity index (χ3v) is 5.92. The summed E-state index contributed by atoms with van der Waals surface area (Å²) in [5, 5.41) is 0.683. The van der Waals surface area contributed by atoms with Crippen molar-refractivity contribution < 1.29 is 9.21 Å². The first kappa shape index (κ1) is 21.1. The van der Waals surface area contributed by atoms with Gasteiger partial charge >= 0.3 is 5.69 Å². The molecule has 1 fully saturated rings. The number of oxazole rings is 1. The van der Waals surface area contributed by atoms with Crippen LogP contribution in [0.15, 0.2) is 50.5 Å². The molecule has 31 heavy (non-hydrogen) atoms. The van der Waals surface area contributed by atoms with Gasteiger partial charge in [0.2, 0.25) is 0 Å². The number of hydrogen-bond acceptors (Lipinski definition) is 5. The molecule has 0 radical (unpaired) electrons. The standard InChI is InChI=1S/C22H23ClN4O4/c1-25-18(11-19(28)26(2)22(25)30)21(29)27-9-3-4-15(13-27)20-24-12-17(31-20)10-14-5-7-16(23)8-6-14/h5-8,11-12,15H,3-4,9-10,13H2,1-2H3. The Morgan fingerprint density at radius 2 is 1.94 bits per heavy atom. The number of amides is 1. The van der Waals surface area contributed by atoms with Gasteiger partial charge in [-0.05, 0) is 30.5 Å². The van der Waals surface area contributed by atoms with E-state index in [9.17, 15) is 14.4 Å². The summed E-state index contributed by atoms with van der Waals surface area (Å²) in [6, 6.07) is 8.77. The van der Waals surface area contributed by atoms with Crippen molar-refractivity contribution in [1.29, 1.82) is 0 Å². The van der Waals surface area contributed by atoms with Crippen LogP contribution in [0.3, 0.4) is 0 Å². The molecule has 0 spiro atoms. The van der Waals surface area contributed by atoms with Gasteiger partial charge in [0.25, 0.3) is 11.5 Å². The van der Waals surface area contributed by atoms with Crippen LogP contribution in [0, 0.1) is 0 Å². The lowest BCUT2D eigenvalue weighted by Gasteiger charge is -2.31. The number of likely N-dealkylation sites (tertiary alicyclic amines) is 1. The molecular weight excluding hydrogens is 420 g/mol. The maximum Gasteiger partial charge on any atom is 0.331 e. The van der Waals surface area contributed by atoms with Crippen molar-refractivity contribution in [3.8, 4) is 0 Å². The molecule has 2 aromatic heterocycles. The summed E-state index contributed by atoms with van der Waals surface area (Å²) in [5.41, 5.74) is 0.132. The minimum Gasteiger partial charge on any atom is -0.445 e. The van der Waals surface area contributed by atoms with Crippen LogP contribution in [0.5, 0.6) is 0 Å². The van der Waals surface area contributed by atoms with Gasteiger partial charge in [0.1, 0.15) is 11.5 Å². The van der Waals surface area contributed by atoms with E-state index in [1.807, 2.05) is 24.3 Å². The molecular formula is C22H23ClN4O4. The molecule has 3 heterocycles. The number of piperidine rings is 1. The van der Waals surface area contributed by atoms with E-state index in [0.29, 0.717) is 30.4 Å². The van der Waals surface area contributed by atoms with Gasteiger partial charge in [-0.1, -0.05) is 23.7 Å². The SMILES string of the molecule is Cn1c(C(=O)N2CCCC(c3ncc(Cc4ccc(Cl)cc4)o3)C2)cc(=O)n(C)c1=O. The maximum absolute atomic E-state index is 13.0. The second kappa shape index (κ2) is 8.55. The van der Waals surface area contributed by atoms with Crippen LogP contribution in [0.25, 0.3) is 0 Å². The van der Waals surface area contributed by atoms with E-state index in [1.54, 1.807) is 11.1 Å². The number of nitrogens with zero attached hydrogens (tertiary/aromatic N) is 4. The topological polar surface area (TPSA) is 90.3 Å². The van der Waals surface area contributed by atoms with E-state index < -0.39 is 11.2 Å². The van der Waals surface area contributed by atoms with Crippen LogP contribution in [-0.2, 0) is 20.5 Å². The van der Waals surface area contributed by atoms with Crippen molar-refractivity contribution in [3.63, 3.8) is 0 Å². The third-order valence-electron chi connectivity index (χ3n) is 5.67. The summed E-state index contributed by atoms with van der Waals surface area (Å²) in [6.45, 7) is 0.972. The molecule has 1 unspecified atom stereocenters. The van der Waals surface area contributed by atoms with Crippen LogP contribution in [0.2, 0.25) is 5.02 Å². The van der Waals surface area contributed by atoms with Gasteiger partial charge in [-0.25, -0.2) is 9.78 Å². The zero-order valence-corrected chi connectivity index (χ0v) is 18.1. The molecule has 0 aliphatic carbocycles. The lowest BCUT2D eigenvalue weighted by atomic mass is 9.97. The molecule has 4 rings (SSSR count). The number of carbonyl (C=O) groups is 1. The molecule has 1 aliphatic heterocycles. The molecule has 0 N–H and O–H groups in total. The summed E-state index contributed by atoms with van der Waals surface area (Å²) in [7, 11) is 2.88. The number of halogens is 1. The van der Waals surface area contributed by atoms with Gasteiger partial charge in [0, 0.05) is 44.7 Å². The molecule has 1 aromatic carbocycles. The van der Waals surface area contributed by atoms with Crippen LogP contribution < -0.4 is 11.2 Å². The average molecular weight is 443 g/mol. The third kappa shape index (κ3) is 4.34. The minimum atomic E-state index is -0.524. The maximum atomic E-state index is 13.0. The Labute approximate surface area is 183 Å². The second-order valence-electron chi connectivity index (χ2n) is 7.83. The first-order chi connectivity index (χ1) is 14.8. The van der Waals surface area contributed by atoms with Crippen molar-refractivity contribution in [2.24, 2.45) is 14.1 Å². The molecule has 0 bridgehead atoms. The molecule has 1 amide bonds. The summed E-state index contributed by atoms with van der Waals surface area (Å²) in [5.74, 6) is 0.962. The Bertz CT molecular complexity index is 1230. The van der Waals surface area contributed by atoms with Crippen LogP contribution in [0.4, 0.5) is 0 Å². The molecule has 8 nitrogen and oxygen atoms in total. The van der Waals surface area contributed by atoms with Crippen molar-refractivity contribution in [2.45, 2.75) is 25.2 Å². The normalized spacial score (nSPS) is 16.5. The highest BCUT2D eigenvalue weighted by atomic mass is 35.5. The fourth-order valence-electron chi connectivity index (χ4n) is 3.86. The molecule has 1 saturated heterocycles. The molecule has 0 saturated carbocycles. The Morgan fingerprint density at radius 1 is 1.19 bits per heavy atom. The molecule has 1 aliphatic rings. The van der Waals surface area contributed by atoms with Crippen molar-refractivity contribution >= 4 is 17.5 Å². The summed E-state index contributed by atoms with van der Waals surface area (Å²) >= 11 is 5.93. The Hall–Kier alpha value is -3.13. The lowest BCUT2D eigenvalue weighted by molar-refractivity contribution is 0.0685. The fraction of sp³-hybridized carbons (Fsp3) is 0.364. The molecule has 3 aromatic rings. The number of carbonyl (C=O) groups excluding carboxylic acids is 1. The highest BCUT2D eigenvalue weighted by Crippen LogP contribution is 2.28. The summed E-state index contributed by atoms with van der Waals surface area (Å²) in [6.07, 6.45) is 3.95. The molecule has 1 atom stereocenters. The number of aromatic nitrogens is 3. The predicted octanol–water partition coefficient (Wildman–Crippen LogP) is 2.34. The Balaban J connectivity index is 1.50. The van der Waals surface area contributed by atoms with Gasteiger partial charge in [-0.2, -0.15) is 0 Å². The molecule has 162 valence electrons. The number of benzene rings is 1. The largest absolute Gasteiger partial charge is 0.445 e. The van der Waals surface area contributed by atoms with E-state index >= 15 is 0 Å². The molecule has 9 heteroatoms. The highest BCUT2D eigenvalue weighted by molar-refractivity contribution is 6.30. The fourth-order valence-corrected chi connectivity index (χ4v) is 3.99. The van der Waals surface area contributed by atoms with Gasteiger partial charge in [0.05, 0.1) is 12.1 Å². The summed E-state index contributed by atoms with van der Waals surface area (Å²) < 4.78 is 8.17. The van der Waals surface area contributed by atoms with E-state index in [2.05, 4.69) is 4.98 Å². The lowest BCUT2D eigenvalue weighted by Crippen LogP contribution is -2.44.